The summed E-state index contributed by atoms with van der Waals surface area (Å²) >= 11 is 0. The van der Waals surface area contributed by atoms with E-state index in [4.69, 9.17) is 0 Å². The van der Waals surface area contributed by atoms with Crippen molar-refractivity contribution in [3.05, 3.63) is 77.9 Å². The van der Waals surface area contributed by atoms with Gasteiger partial charge < -0.3 is 4.90 Å². The fourth-order valence-electron chi connectivity index (χ4n) is 4.25. The number of nitrogens with zero attached hydrogens (tertiary/aromatic N) is 3. The maximum atomic E-state index is 13.1. The van der Waals surface area contributed by atoms with E-state index in [0.29, 0.717) is 6.54 Å². The number of fused-ring (bicyclic) bond motifs is 1. The van der Waals surface area contributed by atoms with Gasteiger partial charge in [-0.25, -0.2) is 0 Å². The van der Waals surface area contributed by atoms with Crippen LogP contribution in [0.1, 0.15) is 16.7 Å². The lowest BCUT2D eigenvalue weighted by atomic mass is 10.1. The Hall–Kier alpha value is -2.43. The van der Waals surface area contributed by atoms with Crippen LogP contribution in [0.3, 0.4) is 0 Å². The van der Waals surface area contributed by atoms with E-state index in [0.717, 1.165) is 44.8 Å². The Bertz CT molecular complexity index is 837. The lowest BCUT2D eigenvalue weighted by Crippen LogP contribution is -2.50. The van der Waals surface area contributed by atoms with Crippen molar-refractivity contribution in [3.63, 3.8) is 0 Å². The zero-order valence-electron chi connectivity index (χ0n) is 16.7. The minimum absolute atomic E-state index is 0.0766. The number of carbonyl (C=O) groups is 1. The molecule has 0 radical (unpaired) electrons. The van der Waals surface area contributed by atoms with Crippen LogP contribution in [-0.4, -0.2) is 54.5 Å². The molecular weight excluding hydrogens is 346 g/mol. The second-order valence-electron chi connectivity index (χ2n) is 7.94. The smallest absolute Gasteiger partial charge is 0.241 e. The molecule has 2 heterocycles. The minimum Gasteiger partial charge on any atom is -0.304 e. The SMILES string of the molecule is C=CC1Cc2ccccc2N1C(=O)CN1CCN(Cc2ccc(C)cc2)CC1. The Morgan fingerprint density at radius 1 is 1.04 bits per heavy atom. The molecule has 4 heteroatoms. The minimum atomic E-state index is 0.0766. The molecule has 0 aliphatic carbocycles. The maximum Gasteiger partial charge on any atom is 0.241 e. The predicted octanol–water partition coefficient (Wildman–Crippen LogP) is 3.26. The Morgan fingerprint density at radius 2 is 1.71 bits per heavy atom. The van der Waals surface area contributed by atoms with Gasteiger partial charge in [-0.2, -0.15) is 0 Å². The average molecular weight is 376 g/mol. The molecule has 4 rings (SSSR count). The van der Waals surface area contributed by atoms with Crippen LogP contribution in [0.4, 0.5) is 5.69 Å². The molecule has 2 aliphatic heterocycles. The second-order valence-corrected chi connectivity index (χ2v) is 7.94. The van der Waals surface area contributed by atoms with Gasteiger partial charge in [0.2, 0.25) is 5.91 Å². The first-order chi connectivity index (χ1) is 13.6. The van der Waals surface area contributed by atoms with Crippen LogP contribution in [0.5, 0.6) is 0 Å². The fraction of sp³-hybridized carbons (Fsp3) is 0.375. The van der Waals surface area contributed by atoms with Crippen molar-refractivity contribution in [2.75, 3.05) is 37.6 Å². The highest BCUT2D eigenvalue weighted by molar-refractivity contribution is 5.98. The molecule has 146 valence electrons. The Kier molecular flexibility index (Phi) is 5.60. The van der Waals surface area contributed by atoms with Crippen molar-refractivity contribution < 1.29 is 4.79 Å². The van der Waals surface area contributed by atoms with Gasteiger partial charge in [-0.3, -0.25) is 14.6 Å². The summed E-state index contributed by atoms with van der Waals surface area (Å²) in [5.74, 6) is 0.182. The Morgan fingerprint density at radius 3 is 2.43 bits per heavy atom. The van der Waals surface area contributed by atoms with Crippen LogP contribution in [0.2, 0.25) is 0 Å². The third kappa shape index (κ3) is 4.03. The summed E-state index contributed by atoms with van der Waals surface area (Å²) < 4.78 is 0. The zero-order valence-corrected chi connectivity index (χ0v) is 16.7. The Balaban J connectivity index is 1.32. The van der Waals surface area contributed by atoms with Crippen molar-refractivity contribution in [2.24, 2.45) is 0 Å². The summed E-state index contributed by atoms with van der Waals surface area (Å²) in [4.78, 5) is 19.8. The number of anilines is 1. The summed E-state index contributed by atoms with van der Waals surface area (Å²) in [6.07, 6.45) is 2.77. The van der Waals surface area contributed by atoms with Gasteiger partial charge in [-0.05, 0) is 30.5 Å². The van der Waals surface area contributed by atoms with Crippen LogP contribution in [0.15, 0.2) is 61.2 Å². The van der Waals surface area contributed by atoms with Crippen molar-refractivity contribution >= 4 is 11.6 Å². The first kappa shape index (κ1) is 18.9. The normalized spacial score (nSPS) is 20.2. The van der Waals surface area contributed by atoms with Crippen LogP contribution in [0.25, 0.3) is 0 Å². The van der Waals surface area contributed by atoms with Crippen molar-refractivity contribution in [1.82, 2.24) is 9.80 Å². The summed E-state index contributed by atoms with van der Waals surface area (Å²) in [6.45, 7) is 11.4. The van der Waals surface area contributed by atoms with E-state index in [-0.39, 0.29) is 11.9 Å². The Labute approximate surface area is 168 Å². The molecule has 1 saturated heterocycles. The van der Waals surface area contributed by atoms with Crippen LogP contribution in [-0.2, 0) is 17.8 Å². The van der Waals surface area contributed by atoms with Gasteiger partial charge in [0.15, 0.2) is 0 Å². The highest BCUT2D eigenvalue weighted by atomic mass is 16.2. The van der Waals surface area contributed by atoms with Gasteiger partial charge in [0.1, 0.15) is 0 Å². The number of amides is 1. The molecule has 4 nitrogen and oxygen atoms in total. The maximum absolute atomic E-state index is 13.1. The molecule has 2 aliphatic rings. The number of rotatable bonds is 5. The lowest BCUT2D eigenvalue weighted by molar-refractivity contribution is -0.120. The van der Waals surface area contributed by atoms with Crippen LogP contribution >= 0.6 is 0 Å². The van der Waals surface area contributed by atoms with E-state index in [1.54, 1.807) is 0 Å². The van der Waals surface area contributed by atoms with E-state index in [1.165, 1.54) is 16.7 Å². The number of para-hydroxylation sites is 1. The fourth-order valence-corrected chi connectivity index (χ4v) is 4.25. The van der Waals surface area contributed by atoms with Crippen LogP contribution in [0, 0.1) is 6.92 Å². The standard InChI is InChI=1S/C24H29N3O/c1-3-22-16-21-6-4-5-7-23(21)27(22)24(28)18-26-14-12-25(13-15-26)17-20-10-8-19(2)9-11-20/h3-11,22H,1,12-18H2,2H3. The van der Waals surface area contributed by atoms with Gasteiger partial charge in [0.25, 0.3) is 0 Å². The molecule has 0 aromatic heterocycles. The molecule has 1 amide bonds. The number of benzene rings is 2. The van der Waals surface area contributed by atoms with Gasteiger partial charge in [0.05, 0.1) is 12.6 Å². The quantitative estimate of drug-likeness (QED) is 0.751. The highest BCUT2D eigenvalue weighted by Crippen LogP contribution is 2.32. The molecule has 0 N–H and O–H groups in total. The number of hydrogen-bond acceptors (Lipinski definition) is 3. The molecule has 2 aromatic rings. The first-order valence-corrected chi connectivity index (χ1v) is 10.2. The molecule has 1 fully saturated rings. The first-order valence-electron chi connectivity index (χ1n) is 10.2. The monoisotopic (exact) mass is 375 g/mol. The van der Waals surface area contributed by atoms with Gasteiger partial charge in [0, 0.05) is 38.4 Å². The molecular formula is C24H29N3O. The topological polar surface area (TPSA) is 26.8 Å². The number of carbonyl (C=O) groups excluding carboxylic acids is 1. The summed E-state index contributed by atoms with van der Waals surface area (Å²) in [6, 6.07) is 17.1. The summed E-state index contributed by atoms with van der Waals surface area (Å²) in [5.41, 5.74) is 4.95. The molecule has 1 unspecified atom stereocenters. The van der Waals surface area contributed by atoms with Gasteiger partial charge >= 0.3 is 0 Å². The lowest BCUT2D eigenvalue weighted by Gasteiger charge is -2.35. The van der Waals surface area contributed by atoms with E-state index in [9.17, 15) is 4.79 Å². The zero-order chi connectivity index (χ0) is 19.5. The molecule has 0 spiro atoms. The highest BCUT2D eigenvalue weighted by Gasteiger charge is 2.32. The molecule has 28 heavy (non-hydrogen) atoms. The van der Waals surface area contributed by atoms with Gasteiger partial charge in [-0.1, -0.05) is 54.1 Å². The average Bonchev–Trinajstić information content (AvgIpc) is 3.10. The van der Waals surface area contributed by atoms with E-state index in [2.05, 4.69) is 59.7 Å². The van der Waals surface area contributed by atoms with Crippen molar-refractivity contribution in [1.29, 1.82) is 0 Å². The van der Waals surface area contributed by atoms with E-state index < -0.39 is 0 Å². The number of hydrogen-bond donors (Lipinski definition) is 0. The van der Waals surface area contributed by atoms with Crippen molar-refractivity contribution in [3.8, 4) is 0 Å². The predicted molar refractivity (Wildman–Crippen MR) is 115 cm³/mol. The molecule has 2 aromatic carbocycles. The second kappa shape index (κ2) is 8.29. The largest absolute Gasteiger partial charge is 0.304 e. The number of aryl methyl sites for hydroxylation is 1. The molecule has 0 saturated carbocycles. The van der Waals surface area contributed by atoms with E-state index in [1.807, 2.05) is 23.1 Å². The third-order valence-corrected chi connectivity index (χ3v) is 5.90. The molecule has 1 atom stereocenters. The third-order valence-electron chi connectivity index (χ3n) is 5.90. The molecule has 0 bridgehead atoms. The van der Waals surface area contributed by atoms with Crippen molar-refractivity contribution in [2.45, 2.75) is 25.9 Å². The van der Waals surface area contributed by atoms with E-state index >= 15 is 0 Å². The van der Waals surface area contributed by atoms with Crippen LogP contribution < -0.4 is 4.90 Å². The summed E-state index contributed by atoms with van der Waals surface area (Å²) in [7, 11) is 0. The van der Waals surface area contributed by atoms with Gasteiger partial charge in [-0.15, -0.1) is 6.58 Å². The summed E-state index contributed by atoms with van der Waals surface area (Å²) in [5, 5.41) is 0. The number of piperazine rings is 1.